The number of para-hydroxylation sites is 1. The van der Waals surface area contributed by atoms with Crippen molar-refractivity contribution >= 4 is 11.9 Å². The second-order valence-electron chi connectivity index (χ2n) is 6.26. The quantitative estimate of drug-likeness (QED) is 0.737. The summed E-state index contributed by atoms with van der Waals surface area (Å²) in [6.45, 7) is 3.60. The van der Waals surface area contributed by atoms with E-state index in [4.69, 9.17) is 9.47 Å². The van der Waals surface area contributed by atoms with Gasteiger partial charge in [-0.3, -0.25) is 9.59 Å². The molecule has 26 heavy (non-hydrogen) atoms. The Bertz CT molecular complexity index is 728. The Morgan fingerprint density at radius 3 is 2.31 bits per heavy atom. The first kappa shape index (κ1) is 19.5. The van der Waals surface area contributed by atoms with Crippen molar-refractivity contribution in [2.75, 3.05) is 7.11 Å². The number of benzene rings is 2. The van der Waals surface area contributed by atoms with E-state index < -0.39 is 6.04 Å². The van der Waals surface area contributed by atoms with E-state index in [1.165, 1.54) is 0 Å². The van der Waals surface area contributed by atoms with Crippen molar-refractivity contribution in [1.29, 1.82) is 0 Å². The Balaban J connectivity index is 2.10. The lowest BCUT2D eigenvalue weighted by atomic mass is 10.0. The molecule has 5 heteroatoms. The number of rotatable bonds is 8. The average Bonchev–Trinajstić information content (AvgIpc) is 2.61. The Kier molecular flexibility index (Phi) is 7.21. The van der Waals surface area contributed by atoms with Gasteiger partial charge in [-0.1, -0.05) is 48.5 Å². The number of esters is 1. The monoisotopic (exact) mass is 355 g/mol. The number of hydrogen-bond acceptors (Lipinski definition) is 4. The molecular weight excluding hydrogens is 330 g/mol. The second kappa shape index (κ2) is 9.61. The van der Waals surface area contributed by atoms with Crippen LogP contribution in [0.1, 0.15) is 37.4 Å². The van der Waals surface area contributed by atoms with Crippen LogP contribution < -0.4 is 10.1 Å². The summed E-state index contributed by atoms with van der Waals surface area (Å²) in [6.07, 6.45) is 0.0649. The SMILES string of the molecule is COc1ccccc1CC(=O)N[C@H](CC(=O)OC(C)C)c1ccccc1. The molecule has 2 aromatic carbocycles. The molecule has 0 bridgehead atoms. The van der Waals surface area contributed by atoms with Gasteiger partial charge in [-0.2, -0.15) is 0 Å². The molecule has 0 aliphatic heterocycles. The molecule has 0 spiro atoms. The molecule has 0 radical (unpaired) electrons. The van der Waals surface area contributed by atoms with Crippen LogP contribution >= 0.6 is 0 Å². The average molecular weight is 355 g/mol. The Morgan fingerprint density at radius 1 is 1.00 bits per heavy atom. The third-order valence-electron chi connectivity index (χ3n) is 3.82. The standard InChI is InChI=1S/C21H25NO4/c1-15(2)26-21(24)14-18(16-9-5-4-6-10-16)22-20(23)13-17-11-7-8-12-19(17)25-3/h4-12,15,18H,13-14H2,1-3H3,(H,22,23)/t18-/m1/s1. The lowest BCUT2D eigenvalue weighted by molar-refractivity contribution is -0.148. The van der Waals surface area contributed by atoms with Crippen LogP contribution in [0.25, 0.3) is 0 Å². The van der Waals surface area contributed by atoms with E-state index in [9.17, 15) is 9.59 Å². The maximum atomic E-state index is 12.5. The lowest BCUT2D eigenvalue weighted by Crippen LogP contribution is -2.32. The summed E-state index contributed by atoms with van der Waals surface area (Å²) in [5.74, 6) is 0.144. The van der Waals surface area contributed by atoms with Crippen molar-refractivity contribution in [2.45, 2.75) is 38.8 Å². The summed E-state index contributed by atoms with van der Waals surface area (Å²) in [4.78, 5) is 24.6. The van der Waals surface area contributed by atoms with E-state index in [-0.39, 0.29) is 30.8 Å². The first-order valence-electron chi connectivity index (χ1n) is 8.65. The van der Waals surface area contributed by atoms with Gasteiger partial charge in [-0.25, -0.2) is 0 Å². The van der Waals surface area contributed by atoms with Crippen molar-refractivity contribution in [1.82, 2.24) is 5.32 Å². The van der Waals surface area contributed by atoms with Gasteiger partial charge in [-0.05, 0) is 25.5 Å². The fourth-order valence-corrected chi connectivity index (χ4v) is 2.68. The van der Waals surface area contributed by atoms with Gasteiger partial charge in [0.1, 0.15) is 5.75 Å². The molecule has 0 aliphatic rings. The van der Waals surface area contributed by atoms with Crippen molar-refractivity contribution in [2.24, 2.45) is 0 Å². The molecule has 0 aromatic heterocycles. The van der Waals surface area contributed by atoms with E-state index in [0.29, 0.717) is 5.75 Å². The largest absolute Gasteiger partial charge is 0.496 e. The number of ether oxygens (including phenoxy) is 2. The van der Waals surface area contributed by atoms with Crippen molar-refractivity contribution in [3.8, 4) is 5.75 Å². The molecule has 5 nitrogen and oxygen atoms in total. The van der Waals surface area contributed by atoms with Crippen LogP contribution in [0.5, 0.6) is 5.75 Å². The summed E-state index contributed by atoms with van der Waals surface area (Å²) >= 11 is 0. The number of amides is 1. The van der Waals surface area contributed by atoms with Crippen molar-refractivity contribution in [3.05, 3.63) is 65.7 Å². The maximum Gasteiger partial charge on any atom is 0.308 e. The van der Waals surface area contributed by atoms with Gasteiger partial charge in [0, 0.05) is 5.56 Å². The third kappa shape index (κ3) is 5.92. The molecule has 0 fully saturated rings. The van der Waals surface area contributed by atoms with Crippen LogP contribution in [0.15, 0.2) is 54.6 Å². The molecular formula is C21H25NO4. The second-order valence-corrected chi connectivity index (χ2v) is 6.26. The van der Waals surface area contributed by atoms with Crippen molar-refractivity contribution in [3.63, 3.8) is 0 Å². The molecule has 0 saturated heterocycles. The Hall–Kier alpha value is -2.82. The summed E-state index contributed by atoms with van der Waals surface area (Å²) in [6, 6.07) is 16.4. The third-order valence-corrected chi connectivity index (χ3v) is 3.82. The summed E-state index contributed by atoms with van der Waals surface area (Å²) in [5.41, 5.74) is 1.66. The van der Waals surface area contributed by atoms with Gasteiger partial charge >= 0.3 is 5.97 Å². The number of carbonyl (C=O) groups excluding carboxylic acids is 2. The van der Waals surface area contributed by atoms with Crippen LogP contribution in [0.3, 0.4) is 0 Å². The Morgan fingerprint density at radius 2 is 1.65 bits per heavy atom. The minimum absolute atomic E-state index is 0.0832. The number of hydrogen-bond donors (Lipinski definition) is 1. The summed E-state index contributed by atoms with van der Waals surface area (Å²) in [7, 11) is 1.57. The minimum atomic E-state index is -0.440. The van der Waals surface area contributed by atoms with Crippen LogP contribution in [0.2, 0.25) is 0 Å². The molecule has 0 heterocycles. The minimum Gasteiger partial charge on any atom is -0.496 e. The molecule has 0 aliphatic carbocycles. The zero-order chi connectivity index (χ0) is 18.9. The van der Waals surface area contributed by atoms with E-state index in [2.05, 4.69) is 5.32 Å². The van der Waals surface area contributed by atoms with Gasteiger partial charge in [-0.15, -0.1) is 0 Å². The van der Waals surface area contributed by atoms with E-state index in [1.807, 2.05) is 54.6 Å². The van der Waals surface area contributed by atoms with Crippen LogP contribution in [0.4, 0.5) is 0 Å². The molecule has 1 atom stereocenters. The molecule has 2 rings (SSSR count). The summed E-state index contributed by atoms with van der Waals surface area (Å²) < 4.78 is 10.5. The molecule has 1 amide bonds. The van der Waals surface area contributed by atoms with Gasteiger partial charge in [0.15, 0.2) is 0 Å². The fraction of sp³-hybridized carbons (Fsp3) is 0.333. The maximum absolute atomic E-state index is 12.5. The zero-order valence-electron chi connectivity index (χ0n) is 15.4. The smallest absolute Gasteiger partial charge is 0.308 e. The molecule has 0 saturated carbocycles. The highest BCUT2D eigenvalue weighted by Crippen LogP contribution is 2.20. The number of methoxy groups -OCH3 is 1. The van der Waals surface area contributed by atoms with Gasteiger partial charge in [0.05, 0.1) is 32.1 Å². The molecule has 0 unspecified atom stereocenters. The number of nitrogens with one attached hydrogen (secondary N) is 1. The van der Waals surface area contributed by atoms with Crippen LogP contribution in [-0.2, 0) is 20.7 Å². The van der Waals surface area contributed by atoms with Gasteiger partial charge in [0.25, 0.3) is 0 Å². The fourth-order valence-electron chi connectivity index (χ4n) is 2.68. The topological polar surface area (TPSA) is 64.6 Å². The van der Waals surface area contributed by atoms with E-state index in [1.54, 1.807) is 21.0 Å². The van der Waals surface area contributed by atoms with Crippen LogP contribution in [0, 0.1) is 0 Å². The van der Waals surface area contributed by atoms with E-state index >= 15 is 0 Å². The lowest BCUT2D eigenvalue weighted by Gasteiger charge is -2.20. The van der Waals surface area contributed by atoms with Gasteiger partial charge in [0.2, 0.25) is 5.91 Å². The zero-order valence-corrected chi connectivity index (χ0v) is 15.4. The number of carbonyl (C=O) groups is 2. The predicted molar refractivity (Wildman–Crippen MR) is 99.9 cm³/mol. The summed E-state index contributed by atoms with van der Waals surface area (Å²) in [5, 5.41) is 2.94. The highest BCUT2D eigenvalue weighted by atomic mass is 16.5. The predicted octanol–water partition coefficient (Wildman–Crippen LogP) is 3.44. The van der Waals surface area contributed by atoms with Crippen LogP contribution in [-0.4, -0.2) is 25.1 Å². The van der Waals surface area contributed by atoms with E-state index in [0.717, 1.165) is 11.1 Å². The highest BCUT2D eigenvalue weighted by Gasteiger charge is 2.20. The van der Waals surface area contributed by atoms with Crippen molar-refractivity contribution < 1.29 is 19.1 Å². The Labute approximate surface area is 154 Å². The first-order valence-corrected chi connectivity index (χ1v) is 8.65. The molecule has 2 aromatic rings. The normalized spacial score (nSPS) is 11.7. The first-order chi connectivity index (χ1) is 12.5. The van der Waals surface area contributed by atoms with Gasteiger partial charge < -0.3 is 14.8 Å². The molecule has 1 N–H and O–H groups in total. The molecule has 138 valence electrons. The highest BCUT2D eigenvalue weighted by molar-refractivity contribution is 5.81.